The third-order valence-electron chi connectivity index (χ3n) is 6.01. The highest BCUT2D eigenvalue weighted by Crippen LogP contribution is 2.38. The van der Waals surface area contributed by atoms with Crippen molar-refractivity contribution in [1.82, 2.24) is 5.32 Å². The molecular weight excluding hydrogens is 564 g/mol. The molecule has 0 saturated carbocycles. The van der Waals surface area contributed by atoms with Gasteiger partial charge in [-0.15, -0.1) is 0 Å². The Kier molecular flexibility index (Phi) is 7.53. The van der Waals surface area contributed by atoms with E-state index in [1.54, 1.807) is 36.4 Å². The Balaban J connectivity index is 1.46. The van der Waals surface area contributed by atoms with Crippen molar-refractivity contribution in [2.75, 3.05) is 11.5 Å². The molecule has 2 amide bonds. The van der Waals surface area contributed by atoms with Gasteiger partial charge >= 0.3 is 0 Å². The molecule has 1 aliphatic rings. The van der Waals surface area contributed by atoms with E-state index in [0.717, 1.165) is 16.3 Å². The number of hydrogen-bond donors (Lipinski definition) is 1. The molecule has 8 heteroatoms. The van der Waals surface area contributed by atoms with Crippen molar-refractivity contribution in [2.24, 2.45) is 0 Å². The molecule has 0 unspecified atom stereocenters. The van der Waals surface area contributed by atoms with Crippen LogP contribution in [-0.4, -0.2) is 23.5 Å². The molecule has 0 radical (unpaired) electrons. The normalized spacial score (nSPS) is 14.6. The van der Waals surface area contributed by atoms with Crippen LogP contribution in [0.2, 0.25) is 0 Å². The Morgan fingerprint density at radius 2 is 1.68 bits per heavy atom. The number of thiocarbonyl (C=S) groups is 1. The van der Waals surface area contributed by atoms with Gasteiger partial charge in [0.1, 0.15) is 12.2 Å². The summed E-state index contributed by atoms with van der Waals surface area (Å²) in [7, 11) is 0. The molecule has 4 aromatic carbocycles. The zero-order chi connectivity index (χ0) is 26.6. The number of nitrogens with zero attached hydrogens (tertiary/aromatic N) is 1. The van der Waals surface area contributed by atoms with E-state index in [1.807, 2.05) is 37.3 Å². The first-order valence-electron chi connectivity index (χ1n) is 12.0. The number of ether oxygens (including phenoxy) is 2. The van der Waals surface area contributed by atoms with Gasteiger partial charge in [0.2, 0.25) is 0 Å². The second-order valence-corrected chi connectivity index (χ2v) is 9.72. The molecule has 5 rings (SSSR count). The van der Waals surface area contributed by atoms with Gasteiger partial charge in [-0.2, -0.15) is 0 Å². The monoisotopic (exact) mass is 586 g/mol. The Labute approximate surface area is 234 Å². The summed E-state index contributed by atoms with van der Waals surface area (Å²) in [5, 5.41) is 4.90. The van der Waals surface area contributed by atoms with Crippen LogP contribution in [0.25, 0.3) is 16.8 Å². The van der Waals surface area contributed by atoms with Crippen LogP contribution in [0.5, 0.6) is 11.5 Å². The highest BCUT2D eigenvalue weighted by Gasteiger charge is 2.34. The topological polar surface area (TPSA) is 67.9 Å². The Morgan fingerprint density at radius 3 is 2.47 bits per heavy atom. The van der Waals surface area contributed by atoms with Gasteiger partial charge in [0.15, 0.2) is 16.6 Å². The van der Waals surface area contributed by atoms with Crippen LogP contribution in [0.4, 0.5) is 5.69 Å². The lowest BCUT2D eigenvalue weighted by Gasteiger charge is -2.28. The van der Waals surface area contributed by atoms with Gasteiger partial charge in [0.25, 0.3) is 11.8 Å². The molecule has 0 bridgehead atoms. The number of carbonyl (C=O) groups is 2. The van der Waals surface area contributed by atoms with Crippen LogP contribution in [-0.2, 0) is 16.2 Å². The lowest BCUT2D eigenvalue weighted by Crippen LogP contribution is -2.54. The minimum absolute atomic E-state index is 0.0386. The van der Waals surface area contributed by atoms with Gasteiger partial charge in [-0.25, -0.2) is 0 Å². The third kappa shape index (κ3) is 5.18. The van der Waals surface area contributed by atoms with E-state index < -0.39 is 11.8 Å². The Bertz CT molecular complexity index is 1580. The summed E-state index contributed by atoms with van der Waals surface area (Å²) in [5.74, 6) is -0.0330. The molecule has 190 valence electrons. The van der Waals surface area contributed by atoms with Crippen molar-refractivity contribution >= 4 is 67.6 Å². The number of halogens is 1. The van der Waals surface area contributed by atoms with Gasteiger partial charge in [0.05, 0.1) is 16.8 Å². The summed E-state index contributed by atoms with van der Waals surface area (Å²) < 4.78 is 12.7. The highest BCUT2D eigenvalue weighted by atomic mass is 79.9. The number of fused-ring (bicyclic) bond motifs is 1. The third-order valence-corrected chi connectivity index (χ3v) is 6.88. The van der Waals surface area contributed by atoms with Gasteiger partial charge in [-0.3, -0.25) is 19.8 Å². The Morgan fingerprint density at radius 1 is 0.947 bits per heavy atom. The summed E-state index contributed by atoms with van der Waals surface area (Å²) >= 11 is 8.87. The van der Waals surface area contributed by atoms with Gasteiger partial charge < -0.3 is 9.47 Å². The summed E-state index contributed by atoms with van der Waals surface area (Å²) in [5.41, 5.74) is 2.17. The number of carbonyl (C=O) groups excluding carboxylic acids is 2. The quantitative estimate of drug-likeness (QED) is 0.154. The number of amides is 2. The van der Waals surface area contributed by atoms with Crippen LogP contribution in [0, 0.1) is 0 Å². The standard InChI is InChI=1S/C30H23BrN2O4S/c1-2-36-26-17-19(15-24-28(34)32-30(38)33(29(24)35)22-12-4-3-5-13-22)16-25(31)27(26)37-18-21-11-8-10-20-9-6-7-14-23(20)21/h3-17H,2,18H2,1H3,(H,32,34,38)/b24-15-. The molecule has 38 heavy (non-hydrogen) atoms. The molecular formula is C30H23BrN2O4S. The fourth-order valence-corrected chi connectivity index (χ4v) is 5.13. The predicted molar refractivity (Wildman–Crippen MR) is 156 cm³/mol. The second-order valence-electron chi connectivity index (χ2n) is 8.48. The summed E-state index contributed by atoms with van der Waals surface area (Å²) in [6, 6.07) is 26.7. The maximum absolute atomic E-state index is 13.3. The van der Waals surface area contributed by atoms with Crippen LogP contribution in [0.15, 0.2) is 95.0 Å². The van der Waals surface area contributed by atoms with E-state index in [9.17, 15) is 9.59 Å². The van der Waals surface area contributed by atoms with E-state index in [1.165, 1.54) is 11.0 Å². The molecule has 0 atom stereocenters. The smallest absolute Gasteiger partial charge is 0.270 e. The highest BCUT2D eigenvalue weighted by molar-refractivity contribution is 9.10. The van der Waals surface area contributed by atoms with Crippen molar-refractivity contribution in [3.63, 3.8) is 0 Å². The van der Waals surface area contributed by atoms with Gasteiger partial charge in [0, 0.05) is 0 Å². The molecule has 1 fully saturated rings. The number of benzene rings is 4. The number of hydrogen-bond acceptors (Lipinski definition) is 5. The van der Waals surface area contributed by atoms with Crippen molar-refractivity contribution in [3.05, 3.63) is 106 Å². The SMILES string of the molecule is CCOc1cc(/C=C2/C(=O)NC(=S)N(c3ccccc3)C2=O)cc(Br)c1OCc1cccc2ccccc12. The Hall–Kier alpha value is -4.01. The average molecular weight is 587 g/mol. The minimum Gasteiger partial charge on any atom is -0.490 e. The number of anilines is 1. The zero-order valence-electron chi connectivity index (χ0n) is 20.4. The summed E-state index contributed by atoms with van der Waals surface area (Å²) in [6.07, 6.45) is 1.52. The van der Waals surface area contributed by atoms with Crippen molar-refractivity contribution in [3.8, 4) is 11.5 Å². The zero-order valence-corrected chi connectivity index (χ0v) is 22.8. The van der Waals surface area contributed by atoms with Gasteiger partial charge in [-0.05, 0) is 87.3 Å². The second kappa shape index (κ2) is 11.2. The van der Waals surface area contributed by atoms with Crippen LogP contribution < -0.4 is 19.7 Å². The predicted octanol–water partition coefficient (Wildman–Crippen LogP) is 6.41. The molecule has 1 saturated heterocycles. The maximum Gasteiger partial charge on any atom is 0.270 e. The van der Waals surface area contributed by atoms with Crippen molar-refractivity contribution in [1.29, 1.82) is 0 Å². The molecule has 1 heterocycles. The molecule has 0 spiro atoms. The minimum atomic E-state index is -0.558. The largest absolute Gasteiger partial charge is 0.490 e. The fourth-order valence-electron chi connectivity index (χ4n) is 4.28. The van der Waals surface area contributed by atoms with E-state index >= 15 is 0 Å². The van der Waals surface area contributed by atoms with E-state index in [-0.39, 0.29) is 10.7 Å². The lowest BCUT2D eigenvalue weighted by atomic mass is 10.1. The average Bonchev–Trinajstić information content (AvgIpc) is 2.91. The number of rotatable bonds is 7. The van der Waals surface area contributed by atoms with Crippen LogP contribution in [0.3, 0.4) is 0 Å². The van der Waals surface area contributed by atoms with E-state index in [2.05, 4.69) is 39.4 Å². The van der Waals surface area contributed by atoms with E-state index in [0.29, 0.717) is 40.4 Å². The number of para-hydroxylation sites is 1. The fraction of sp³-hybridized carbons (Fsp3) is 0.100. The summed E-state index contributed by atoms with van der Waals surface area (Å²) in [6.45, 7) is 2.63. The van der Waals surface area contributed by atoms with Crippen molar-refractivity contribution in [2.45, 2.75) is 13.5 Å². The first-order chi connectivity index (χ1) is 18.5. The summed E-state index contributed by atoms with van der Waals surface area (Å²) in [4.78, 5) is 27.4. The van der Waals surface area contributed by atoms with Crippen LogP contribution in [0.1, 0.15) is 18.1 Å². The van der Waals surface area contributed by atoms with Crippen molar-refractivity contribution < 1.29 is 19.1 Å². The lowest BCUT2D eigenvalue weighted by molar-refractivity contribution is -0.122. The molecule has 0 aromatic heterocycles. The molecule has 6 nitrogen and oxygen atoms in total. The maximum atomic E-state index is 13.3. The first kappa shape index (κ1) is 25.6. The number of nitrogens with one attached hydrogen (secondary N) is 1. The molecule has 1 aliphatic heterocycles. The van der Waals surface area contributed by atoms with Gasteiger partial charge in [-0.1, -0.05) is 60.7 Å². The molecule has 4 aromatic rings. The molecule has 1 N–H and O–H groups in total. The molecule has 0 aliphatic carbocycles. The first-order valence-corrected chi connectivity index (χ1v) is 13.2. The van der Waals surface area contributed by atoms with E-state index in [4.69, 9.17) is 21.7 Å². The van der Waals surface area contributed by atoms with Crippen LogP contribution >= 0.6 is 28.1 Å².